The number of imidazole rings is 1. The van der Waals surface area contributed by atoms with E-state index in [-0.39, 0.29) is 5.82 Å². The van der Waals surface area contributed by atoms with Gasteiger partial charge in [-0.15, -0.1) is 0 Å². The van der Waals surface area contributed by atoms with Crippen molar-refractivity contribution >= 4 is 27.6 Å². The zero-order chi connectivity index (χ0) is 29.4. The van der Waals surface area contributed by atoms with Gasteiger partial charge in [0, 0.05) is 60.6 Å². The summed E-state index contributed by atoms with van der Waals surface area (Å²) < 4.78 is 30.8. The van der Waals surface area contributed by atoms with Gasteiger partial charge in [-0.25, -0.2) is 13.8 Å². The number of nitrogens with zero attached hydrogens (tertiary/aromatic N) is 6. The molecule has 214 valence electrons. The molecule has 0 aliphatic rings. The second-order valence-electron chi connectivity index (χ2n) is 10.8. The molecule has 9 nitrogen and oxygen atoms in total. The molecule has 0 aliphatic heterocycles. The van der Waals surface area contributed by atoms with Crippen molar-refractivity contribution in [2.24, 2.45) is 0 Å². The third-order valence-corrected chi connectivity index (χ3v) is 6.96. The number of aromatic nitrogens is 6. The van der Waals surface area contributed by atoms with Gasteiger partial charge in [-0.3, -0.25) is 15.1 Å². The van der Waals surface area contributed by atoms with Crippen molar-refractivity contribution in [3.63, 3.8) is 0 Å². The number of anilines is 1. The fraction of sp³-hybridized carbons (Fsp3) is 0.226. The van der Waals surface area contributed by atoms with Crippen molar-refractivity contribution < 1.29 is 8.78 Å². The molecule has 0 unspecified atom stereocenters. The van der Waals surface area contributed by atoms with E-state index in [0.717, 1.165) is 12.1 Å². The van der Waals surface area contributed by atoms with Crippen LogP contribution in [0.1, 0.15) is 5.56 Å². The van der Waals surface area contributed by atoms with Crippen molar-refractivity contribution in [2.45, 2.75) is 6.54 Å². The minimum atomic E-state index is -0.419. The molecule has 0 saturated heterocycles. The minimum absolute atomic E-state index is 0.317. The van der Waals surface area contributed by atoms with Crippen molar-refractivity contribution in [3.05, 3.63) is 78.3 Å². The van der Waals surface area contributed by atoms with Gasteiger partial charge in [0.15, 0.2) is 5.82 Å². The average Bonchev–Trinajstić information content (AvgIpc) is 3.57. The summed E-state index contributed by atoms with van der Waals surface area (Å²) in [5.41, 5.74) is 5.92. The van der Waals surface area contributed by atoms with Gasteiger partial charge in [0.05, 0.1) is 22.1 Å². The zero-order valence-corrected chi connectivity index (χ0v) is 23.8. The largest absolute Gasteiger partial charge is 0.384 e. The molecule has 6 aromatic rings. The summed E-state index contributed by atoms with van der Waals surface area (Å²) in [5.74, 6) is -0.425. The van der Waals surface area contributed by atoms with Crippen LogP contribution >= 0.6 is 0 Å². The number of fused-ring (bicyclic) bond motifs is 2. The predicted molar refractivity (Wildman–Crippen MR) is 162 cm³/mol. The van der Waals surface area contributed by atoms with Crippen LogP contribution in [0.3, 0.4) is 0 Å². The molecule has 0 spiro atoms. The van der Waals surface area contributed by atoms with Crippen LogP contribution in [-0.2, 0) is 6.54 Å². The van der Waals surface area contributed by atoms with E-state index in [1.165, 1.54) is 12.1 Å². The first-order chi connectivity index (χ1) is 20.3. The molecule has 0 radical (unpaired) electrons. The van der Waals surface area contributed by atoms with Crippen LogP contribution in [0.4, 0.5) is 14.5 Å². The van der Waals surface area contributed by atoms with Gasteiger partial charge >= 0.3 is 0 Å². The number of benzene rings is 2. The lowest BCUT2D eigenvalue weighted by molar-refractivity contribution is 0.402. The van der Waals surface area contributed by atoms with E-state index in [0.29, 0.717) is 74.6 Å². The molecule has 3 N–H and O–H groups in total. The third-order valence-electron chi connectivity index (χ3n) is 6.96. The summed E-state index contributed by atoms with van der Waals surface area (Å²) in [6, 6.07) is 12.0. The maximum absolute atomic E-state index is 16.2. The van der Waals surface area contributed by atoms with Gasteiger partial charge in [0.1, 0.15) is 22.8 Å². The Balaban J connectivity index is 1.41. The van der Waals surface area contributed by atoms with Gasteiger partial charge in [0.25, 0.3) is 0 Å². The van der Waals surface area contributed by atoms with E-state index < -0.39 is 5.82 Å². The van der Waals surface area contributed by atoms with Gasteiger partial charge < -0.3 is 20.1 Å². The van der Waals surface area contributed by atoms with Crippen molar-refractivity contribution in [2.75, 3.05) is 46.6 Å². The molecule has 0 saturated carbocycles. The van der Waals surface area contributed by atoms with Gasteiger partial charge in [-0.1, -0.05) is 0 Å². The fourth-order valence-corrected chi connectivity index (χ4v) is 5.06. The van der Waals surface area contributed by atoms with Crippen LogP contribution in [0.2, 0.25) is 0 Å². The molecule has 4 heterocycles. The second kappa shape index (κ2) is 11.3. The van der Waals surface area contributed by atoms with E-state index >= 15 is 4.39 Å². The number of nitrogens with one attached hydrogen (secondary N) is 3. The van der Waals surface area contributed by atoms with Gasteiger partial charge in [0.2, 0.25) is 0 Å². The number of halogens is 2. The maximum Gasteiger partial charge on any atom is 0.159 e. The minimum Gasteiger partial charge on any atom is -0.384 e. The summed E-state index contributed by atoms with van der Waals surface area (Å²) in [6.45, 7) is 2.15. The number of H-pyrrole nitrogens is 2. The number of pyridine rings is 2. The topological polar surface area (TPSA) is 102 Å². The number of hydrogen-bond donors (Lipinski definition) is 3. The number of likely N-dealkylation sites (N-methyl/N-ethyl adjacent to an activating group) is 1. The van der Waals surface area contributed by atoms with Crippen LogP contribution < -0.4 is 5.32 Å². The lowest BCUT2D eigenvalue weighted by Gasteiger charge is -2.12. The van der Waals surface area contributed by atoms with Crippen LogP contribution in [0.25, 0.3) is 55.8 Å². The molecular weight excluding hydrogens is 536 g/mol. The maximum atomic E-state index is 16.2. The Labute approximate surface area is 241 Å². The quantitative estimate of drug-likeness (QED) is 0.211. The molecule has 0 bridgehead atoms. The molecule has 42 heavy (non-hydrogen) atoms. The molecule has 0 fully saturated rings. The molecule has 0 amide bonds. The van der Waals surface area contributed by atoms with Gasteiger partial charge in [-0.05, 0) is 76.2 Å². The van der Waals surface area contributed by atoms with E-state index in [2.05, 4.69) is 30.5 Å². The highest BCUT2D eigenvalue weighted by atomic mass is 19.1. The third kappa shape index (κ3) is 5.44. The Morgan fingerprint density at radius 2 is 1.74 bits per heavy atom. The first kappa shape index (κ1) is 27.4. The van der Waals surface area contributed by atoms with Crippen LogP contribution in [-0.4, -0.2) is 81.2 Å². The first-order valence-electron chi connectivity index (χ1n) is 13.6. The number of rotatable bonds is 9. The number of hydrogen-bond acceptors (Lipinski definition) is 7. The van der Waals surface area contributed by atoms with E-state index in [1.807, 2.05) is 50.1 Å². The summed E-state index contributed by atoms with van der Waals surface area (Å²) in [5, 5.41) is 10.9. The fourth-order valence-electron chi connectivity index (χ4n) is 5.06. The highest BCUT2D eigenvalue weighted by molar-refractivity contribution is 5.98. The molecule has 4 aromatic heterocycles. The molecule has 0 atom stereocenters. The highest BCUT2D eigenvalue weighted by Crippen LogP contribution is 2.35. The van der Waals surface area contributed by atoms with Crippen LogP contribution in [0.5, 0.6) is 0 Å². The lowest BCUT2D eigenvalue weighted by atomic mass is 10.0. The number of aromatic amines is 2. The Bertz CT molecular complexity index is 1890. The van der Waals surface area contributed by atoms with Crippen LogP contribution in [0, 0.1) is 11.6 Å². The smallest absolute Gasteiger partial charge is 0.159 e. The van der Waals surface area contributed by atoms with Crippen molar-refractivity contribution in [3.8, 4) is 33.9 Å². The molecule has 11 heteroatoms. The molecule has 0 aliphatic carbocycles. The Hall–Kier alpha value is -4.74. The summed E-state index contributed by atoms with van der Waals surface area (Å²) in [4.78, 5) is 21.0. The Kier molecular flexibility index (Phi) is 7.36. The second-order valence-corrected chi connectivity index (χ2v) is 10.8. The SMILES string of the molecule is CN(C)CCNc1cc(F)cc(-c2nccc3[nH]c(-c4n[nH]c5ccc(-c6cncc(CN(C)C)c6)c(F)c45)nc23)c1. The predicted octanol–water partition coefficient (Wildman–Crippen LogP) is 5.54. The zero-order valence-electron chi connectivity index (χ0n) is 23.8. The molecule has 2 aromatic carbocycles. The molecule has 6 rings (SSSR count). The normalized spacial score (nSPS) is 11.8. The van der Waals surface area contributed by atoms with E-state index in [4.69, 9.17) is 4.98 Å². The van der Waals surface area contributed by atoms with Crippen molar-refractivity contribution in [1.29, 1.82) is 0 Å². The monoisotopic (exact) mass is 567 g/mol. The highest BCUT2D eigenvalue weighted by Gasteiger charge is 2.21. The van der Waals surface area contributed by atoms with Crippen molar-refractivity contribution in [1.82, 2.24) is 39.9 Å². The van der Waals surface area contributed by atoms with Crippen LogP contribution in [0.15, 0.2) is 61.1 Å². The Morgan fingerprint density at radius 1 is 0.881 bits per heavy atom. The first-order valence-corrected chi connectivity index (χ1v) is 13.6. The Morgan fingerprint density at radius 3 is 2.55 bits per heavy atom. The van der Waals surface area contributed by atoms with Gasteiger partial charge in [-0.2, -0.15) is 5.10 Å². The standard InChI is InChI=1S/C31H31F2N9/c1-41(2)10-9-35-22-13-19(12-21(32)14-22)28-29-25(7-8-36-28)37-31(38-29)30-26-24(39-40-30)6-5-23(27(26)33)20-11-18(15-34-16-20)17-42(3)4/h5-8,11-16,35H,9-10,17H2,1-4H3,(H,37,38)(H,39,40). The summed E-state index contributed by atoms with van der Waals surface area (Å²) in [6.07, 6.45) is 5.08. The van der Waals surface area contributed by atoms with E-state index in [1.54, 1.807) is 36.8 Å². The summed E-state index contributed by atoms with van der Waals surface area (Å²) in [7, 11) is 7.91. The summed E-state index contributed by atoms with van der Waals surface area (Å²) >= 11 is 0. The lowest BCUT2D eigenvalue weighted by Crippen LogP contribution is -2.20. The molecular formula is C31H31F2N9. The average molecular weight is 568 g/mol. The van der Waals surface area contributed by atoms with E-state index in [9.17, 15) is 4.39 Å².